The second-order valence-electron chi connectivity index (χ2n) is 9.44. The van der Waals surface area contributed by atoms with Crippen LogP contribution in [0.1, 0.15) is 36.1 Å². The molecule has 1 atom stereocenters. The molecular weight excluding hydrogens is 488 g/mol. The van der Waals surface area contributed by atoms with Gasteiger partial charge in [-0.2, -0.15) is 0 Å². The van der Waals surface area contributed by atoms with E-state index in [1.807, 2.05) is 85.8 Å². The predicted octanol–water partition coefficient (Wildman–Crippen LogP) is 6.29. The van der Waals surface area contributed by atoms with Crippen molar-refractivity contribution in [1.82, 2.24) is 10.2 Å². The highest BCUT2D eigenvalue weighted by Gasteiger charge is 2.30. The minimum atomic E-state index is -0.610. The first-order valence-corrected chi connectivity index (χ1v) is 13.8. The number of rotatable bonds is 12. The maximum atomic E-state index is 13.7. The summed E-state index contributed by atoms with van der Waals surface area (Å²) in [5.74, 6) is 1.03. The third-order valence-electron chi connectivity index (χ3n) is 5.87. The Labute approximate surface area is 224 Å². The van der Waals surface area contributed by atoms with Crippen molar-refractivity contribution < 1.29 is 9.59 Å². The Bertz CT molecular complexity index is 1120. The van der Waals surface area contributed by atoms with E-state index in [4.69, 9.17) is 11.6 Å². The Morgan fingerprint density at radius 2 is 1.58 bits per heavy atom. The average Bonchev–Trinajstić information content (AvgIpc) is 2.87. The molecular formula is C30H35ClN2O2S. The van der Waals surface area contributed by atoms with Gasteiger partial charge in [-0.1, -0.05) is 104 Å². The largest absolute Gasteiger partial charge is 0.354 e. The molecule has 0 radical (unpaired) electrons. The smallest absolute Gasteiger partial charge is 0.243 e. The van der Waals surface area contributed by atoms with Gasteiger partial charge in [0, 0.05) is 30.3 Å². The molecule has 0 saturated heterocycles. The zero-order valence-corrected chi connectivity index (χ0v) is 22.8. The molecule has 0 aliphatic carbocycles. The molecule has 0 unspecified atom stereocenters. The summed E-state index contributed by atoms with van der Waals surface area (Å²) in [6.07, 6.45) is 0.456. The number of aryl methyl sites for hydroxylation is 1. The van der Waals surface area contributed by atoms with Gasteiger partial charge in [0.15, 0.2) is 0 Å². The first kappa shape index (κ1) is 27.8. The zero-order chi connectivity index (χ0) is 25.9. The van der Waals surface area contributed by atoms with Gasteiger partial charge in [-0.3, -0.25) is 9.59 Å². The highest BCUT2D eigenvalue weighted by molar-refractivity contribution is 7.99. The van der Waals surface area contributed by atoms with Gasteiger partial charge in [0.25, 0.3) is 0 Å². The molecule has 0 spiro atoms. The number of carbonyl (C=O) groups excluding carboxylic acids is 2. The van der Waals surface area contributed by atoms with Crippen LogP contribution in [-0.4, -0.2) is 35.1 Å². The lowest BCUT2D eigenvalue weighted by atomic mass is 10.0. The second kappa shape index (κ2) is 14.1. The number of hydrogen-bond acceptors (Lipinski definition) is 3. The van der Waals surface area contributed by atoms with Gasteiger partial charge >= 0.3 is 0 Å². The van der Waals surface area contributed by atoms with Crippen LogP contribution in [0.2, 0.25) is 5.02 Å². The Balaban J connectivity index is 1.84. The summed E-state index contributed by atoms with van der Waals surface area (Å²) in [5.41, 5.74) is 4.17. The van der Waals surface area contributed by atoms with E-state index in [0.717, 1.165) is 22.3 Å². The summed E-state index contributed by atoms with van der Waals surface area (Å²) < 4.78 is 0. The second-order valence-corrected chi connectivity index (χ2v) is 10.8. The van der Waals surface area contributed by atoms with E-state index < -0.39 is 6.04 Å². The van der Waals surface area contributed by atoms with Crippen molar-refractivity contribution in [3.63, 3.8) is 0 Å². The third kappa shape index (κ3) is 8.72. The molecule has 6 heteroatoms. The maximum Gasteiger partial charge on any atom is 0.243 e. The summed E-state index contributed by atoms with van der Waals surface area (Å²) in [7, 11) is 0. The number of nitrogens with one attached hydrogen (secondary N) is 1. The van der Waals surface area contributed by atoms with Gasteiger partial charge < -0.3 is 10.2 Å². The van der Waals surface area contributed by atoms with Crippen molar-refractivity contribution in [3.8, 4) is 0 Å². The number of carbonyl (C=O) groups is 2. The molecule has 190 valence electrons. The Morgan fingerprint density at radius 3 is 2.25 bits per heavy atom. The van der Waals surface area contributed by atoms with E-state index in [0.29, 0.717) is 36.2 Å². The van der Waals surface area contributed by atoms with Crippen LogP contribution >= 0.6 is 23.4 Å². The van der Waals surface area contributed by atoms with E-state index >= 15 is 0 Å². The van der Waals surface area contributed by atoms with Crippen LogP contribution in [0.5, 0.6) is 0 Å². The molecule has 0 saturated carbocycles. The van der Waals surface area contributed by atoms with Crippen LogP contribution in [0.3, 0.4) is 0 Å². The van der Waals surface area contributed by atoms with E-state index in [1.165, 1.54) is 11.8 Å². The Kier molecular flexibility index (Phi) is 10.9. The number of amides is 2. The number of halogens is 1. The van der Waals surface area contributed by atoms with Crippen molar-refractivity contribution in [1.29, 1.82) is 0 Å². The van der Waals surface area contributed by atoms with Crippen LogP contribution in [0.15, 0.2) is 78.9 Å². The fourth-order valence-electron chi connectivity index (χ4n) is 3.81. The van der Waals surface area contributed by atoms with Gasteiger partial charge in [-0.05, 0) is 35.6 Å². The van der Waals surface area contributed by atoms with Crippen molar-refractivity contribution in [3.05, 3.63) is 106 Å². The normalized spacial score (nSPS) is 11.8. The molecule has 0 aromatic heterocycles. The molecule has 3 aromatic rings. The molecule has 0 heterocycles. The van der Waals surface area contributed by atoms with E-state index in [9.17, 15) is 9.59 Å². The minimum Gasteiger partial charge on any atom is -0.354 e. The van der Waals surface area contributed by atoms with Gasteiger partial charge in [0.1, 0.15) is 6.04 Å². The molecule has 0 fully saturated rings. The molecule has 0 aliphatic heterocycles. The van der Waals surface area contributed by atoms with E-state index in [-0.39, 0.29) is 17.6 Å². The summed E-state index contributed by atoms with van der Waals surface area (Å²) in [6, 6.07) is 25.1. The molecule has 1 N–H and O–H groups in total. The monoisotopic (exact) mass is 522 g/mol. The first-order valence-electron chi connectivity index (χ1n) is 12.3. The number of thioether (sulfide) groups is 1. The number of nitrogens with zero attached hydrogens (tertiary/aromatic N) is 1. The lowest BCUT2D eigenvalue weighted by molar-refractivity contribution is -0.139. The maximum absolute atomic E-state index is 13.7. The molecule has 0 bridgehead atoms. The van der Waals surface area contributed by atoms with Crippen molar-refractivity contribution in [2.24, 2.45) is 5.92 Å². The minimum absolute atomic E-state index is 0.0618. The molecule has 3 aromatic carbocycles. The van der Waals surface area contributed by atoms with Crippen molar-refractivity contribution >= 4 is 35.2 Å². The van der Waals surface area contributed by atoms with Crippen LogP contribution in [0.25, 0.3) is 0 Å². The van der Waals surface area contributed by atoms with Gasteiger partial charge in [0.05, 0.1) is 5.75 Å². The molecule has 4 nitrogen and oxygen atoms in total. The van der Waals surface area contributed by atoms with Crippen LogP contribution in [-0.2, 0) is 28.3 Å². The lowest BCUT2D eigenvalue weighted by Gasteiger charge is -2.32. The molecule has 3 rings (SSSR count). The van der Waals surface area contributed by atoms with Gasteiger partial charge in [-0.15, -0.1) is 11.8 Å². The van der Waals surface area contributed by atoms with Crippen molar-refractivity contribution in [2.75, 3.05) is 12.3 Å². The Hall–Kier alpha value is -2.76. The highest BCUT2D eigenvalue weighted by Crippen LogP contribution is 2.22. The first-order chi connectivity index (χ1) is 17.3. The average molecular weight is 523 g/mol. The van der Waals surface area contributed by atoms with Gasteiger partial charge in [0.2, 0.25) is 11.8 Å². The molecule has 36 heavy (non-hydrogen) atoms. The Morgan fingerprint density at radius 1 is 0.917 bits per heavy atom. The van der Waals surface area contributed by atoms with Crippen LogP contribution in [0, 0.1) is 12.8 Å². The molecule has 0 aliphatic rings. The number of hydrogen-bond donors (Lipinski definition) is 1. The topological polar surface area (TPSA) is 49.4 Å². The molecule has 2 amide bonds. The van der Waals surface area contributed by atoms with E-state index in [1.54, 1.807) is 4.90 Å². The van der Waals surface area contributed by atoms with Gasteiger partial charge in [-0.25, -0.2) is 0 Å². The lowest BCUT2D eigenvalue weighted by Crippen LogP contribution is -2.51. The summed E-state index contributed by atoms with van der Waals surface area (Å²) >= 11 is 7.82. The predicted molar refractivity (Wildman–Crippen MR) is 151 cm³/mol. The SMILES string of the molecule is Cc1ccc(CN(C(=O)CSCc2ccccc2Cl)[C@H](Cc2ccccc2)C(=O)NCC(C)C)cc1. The zero-order valence-electron chi connectivity index (χ0n) is 21.2. The quantitative estimate of drug-likeness (QED) is 0.304. The summed E-state index contributed by atoms with van der Waals surface area (Å²) in [6.45, 7) is 7.10. The van der Waals surface area contributed by atoms with E-state index in [2.05, 4.69) is 19.2 Å². The summed E-state index contributed by atoms with van der Waals surface area (Å²) in [5, 5.41) is 3.76. The highest BCUT2D eigenvalue weighted by atomic mass is 35.5. The fourth-order valence-corrected chi connectivity index (χ4v) is 5.01. The number of benzene rings is 3. The fraction of sp³-hybridized carbons (Fsp3) is 0.333. The van der Waals surface area contributed by atoms with Crippen LogP contribution in [0.4, 0.5) is 0 Å². The third-order valence-corrected chi connectivity index (χ3v) is 7.21. The van der Waals surface area contributed by atoms with Crippen LogP contribution < -0.4 is 5.32 Å². The summed E-state index contributed by atoms with van der Waals surface area (Å²) in [4.78, 5) is 28.9. The van der Waals surface area contributed by atoms with Crippen molar-refractivity contribution in [2.45, 2.75) is 45.5 Å². The standard InChI is InChI=1S/C30H35ClN2O2S/c1-22(2)18-32-30(35)28(17-24-9-5-4-6-10-24)33(19-25-15-13-23(3)14-16-25)29(34)21-36-20-26-11-7-8-12-27(26)31/h4-16,22,28H,17-21H2,1-3H3,(H,32,35)/t28-/m1/s1.